The van der Waals surface area contributed by atoms with E-state index in [2.05, 4.69) is 0 Å². The van der Waals surface area contributed by atoms with Crippen LogP contribution in [0, 0.1) is 30.3 Å². The molecular weight excluding hydrogens is 442 g/mol. The second kappa shape index (κ2) is 7.89. The average Bonchev–Trinajstić information content (AvgIpc) is 2.98. The molecule has 1 saturated heterocycles. The van der Waals surface area contributed by atoms with E-state index in [1.807, 2.05) is 0 Å². The van der Waals surface area contributed by atoms with Crippen LogP contribution >= 0.6 is 0 Å². The van der Waals surface area contributed by atoms with Crippen LogP contribution in [-0.4, -0.2) is 64.6 Å². The van der Waals surface area contributed by atoms with Gasteiger partial charge in [-0.05, 0) is 0 Å². The predicted molar refractivity (Wildman–Crippen MR) is 98.8 cm³/mol. The third-order valence-corrected chi connectivity index (χ3v) is 4.84. The van der Waals surface area contributed by atoms with Crippen LogP contribution in [0.2, 0.25) is 0 Å². The molecule has 3 rings (SSSR count). The SMILES string of the molecule is O=c1ccn([C@]2(c3c([N+](=O)[O-])cc([N+](=O)[O-])cc3[N+](=O)[O-])O[C@H](CO)[C@@H](O)[C@H]2O)c(=O)[nH]1. The second-order valence-corrected chi connectivity index (χ2v) is 6.58. The zero-order valence-electron chi connectivity index (χ0n) is 15.6. The summed E-state index contributed by atoms with van der Waals surface area (Å²) in [5, 5.41) is 65.2. The lowest BCUT2D eigenvalue weighted by atomic mass is 9.91. The molecule has 17 nitrogen and oxygen atoms in total. The number of ether oxygens (including phenoxy) is 1. The second-order valence-electron chi connectivity index (χ2n) is 6.58. The Balaban J connectivity index is 2.56. The van der Waals surface area contributed by atoms with E-state index in [-0.39, 0.29) is 0 Å². The molecule has 32 heavy (non-hydrogen) atoms. The molecule has 1 aliphatic heterocycles. The van der Waals surface area contributed by atoms with Gasteiger partial charge in [-0.25, -0.2) is 4.79 Å². The highest BCUT2D eigenvalue weighted by Crippen LogP contribution is 2.49. The van der Waals surface area contributed by atoms with Crippen LogP contribution in [0.5, 0.6) is 0 Å². The van der Waals surface area contributed by atoms with Crippen molar-refractivity contribution in [1.29, 1.82) is 0 Å². The summed E-state index contributed by atoms with van der Waals surface area (Å²) in [5.74, 6) is 0. The van der Waals surface area contributed by atoms with Crippen molar-refractivity contribution in [3.63, 3.8) is 0 Å². The highest BCUT2D eigenvalue weighted by molar-refractivity contribution is 5.64. The summed E-state index contributed by atoms with van der Waals surface area (Å²) in [6.45, 7) is -0.993. The quantitative estimate of drug-likeness (QED) is 0.274. The van der Waals surface area contributed by atoms with Crippen LogP contribution in [0.1, 0.15) is 5.56 Å². The lowest BCUT2D eigenvalue weighted by Crippen LogP contribution is -2.52. The van der Waals surface area contributed by atoms with Gasteiger partial charge >= 0.3 is 5.69 Å². The lowest BCUT2D eigenvalue weighted by molar-refractivity contribution is -0.406. The van der Waals surface area contributed by atoms with Gasteiger partial charge in [0.15, 0.2) is 5.56 Å². The number of nitro benzene ring substituents is 3. The Labute approximate surface area is 174 Å². The van der Waals surface area contributed by atoms with Crippen molar-refractivity contribution in [2.24, 2.45) is 0 Å². The molecule has 170 valence electrons. The number of nitro groups is 3. The van der Waals surface area contributed by atoms with Gasteiger partial charge in [0.25, 0.3) is 22.6 Å². The van der Waals surface area contributed by atoms with E-state index in [0.717, 1.165) is 6.07 Å². The number of hydrogen-bond donors (Lipinski definition) is 4. The largest absolute Gasteiger partial charge is 0.394 e. The molecule has 2 heterocycles. The zero-order valence-corrected chi connectivity index (χ0v) is 15.6. The summed E-state index contributed by atoms with van der Waals surface area (Å²) >= 11 is 0. The van der Waals surface area contributed by atoms with Gasteiger partial charge in [-0.15, -0.1) is 0 Å². The third-order valence-electron chi connectivity index (χ3n) is 4.84. The summed E-state index contributed by atoms with van der Waals surface area (Å²) < 4.78 is 5.76. The van der Waals surface area contributed by atoms with E-state index >= 15 is 0 Å². The van der Waals surface area contributed by atoms with Crippen LogP contribution in [0.4, 0.5) is 17.1 Å². The minimum Gasteiger partial charge on any atom is -0.394 e. The minimum absolute atomic E-state index is 0.343. The minimum atomic E-state index is -2.94. The number of nitrogens with zero attached hydrogens (tertiary/aromatic N) is 4. The van der Waals surface area contributed by atoms with Gasteiger partial charge in [-0.2, -0.15) is 0 Å². The predicted octanol–water partition coefficient (Wildman–Crippen LogP) is -1.92. The molecule has 4 N–H and O–H groups in total. The summed E-state index contributed by atoms with van der Waals surface area (Å²) in [5.41, 5.74) is -10.0. The summed E-state index contributed by atoms with van der Waals surface area (Å²) in [4.78, 5) is 56.8. The molecule has 17 heteroatoms. The molecule has 0 amide bonds. The van der Waals surface area contributed by atoms with E-state index in [4.69, 9.17) is 4.74 Å². The molecule has 0 unspecified atom stereocenters. The maximum absolute atomic E-state index is 12.5. The molecule has 1 aromatic carbocycles. The fourth-order valence-corrected chi connectivity index (χ4v) is 3.51. The topological polar surface area (TPSA) is 254 Å². The van der Waals surface area contributed by atoms with Crippen LogP contribution in [-0.2, 0) is 10.5 Å². The van der Waals surface area contributed by atoms with Gasteiger partial charge in [-0.3, -0.25) is 44.7 Å². The summed E-state index contributed by atoms with van der Waals surface area (Å²) in [7, 11) is 0. The van der Waals surface area contributed by atoms with Gasteiger partial charge in [0.1, 0.15) is 18.3 Å². The Morgan fingerprint density at radius 3 is 2.03 bits per heavy atom. The van der Waals surface area contributed by atoms with Crippen molar-refractivity contribution in [2.45, 2.75) is 24.0 Å². The van der Waals surface area contributed by atoms with E-state index < -0.39 is 79.3 Å². The van der Waals surface area contributed by atoms with Crippen molar-refractivity contribution >= 4 is 17.1 Å². The molecule has 1 aromatic heterocycles. The van der Waals surface area contributed by atoms with E-state index in [9.17, 15) is 55.3 Å². The van der Waals surface area contributed by atoms with Crippen LogP contribution < -0.4 is 11.2 Å². The number of hydrogen-bond acceptors (Lipinski definition) is 12. The molecular formula is C15H13N5O12. The fraction of sp³-hybridized carbons (Fsp3) is 0.333. The van der Waals surface area contributed by atoms with Gasteiger partial charge in [-0.1, -0.05) is 0 Å². The third kappa shape index (κ3) is 3.30. The van der Waals surface area contributed by atoms with Crippen molar-refractivity contribution in [1.82, 2.24) is 9.55 Å². The molecule has 2 aromatic rings. The first-order valence-corrected chi connectivity index (χ1v) is 8.54. The van der Waals surface area contributed by atoms with E-state index in [1.165, 1.54) is 0 Å². The first-order chi connectivity index (χ1) is 14.9. The Morgan fingerprint density at radius 2 is 1.62 bits per heavy atom. The van der Waals surface area contributed by atoms with Crippen molar-refractivity contribution in [3.05, 3.63) is 81.1 Å². The Bertz CT molecular complexity index is 1200. The Kier molecular flexibility index (Phi) is 5.58. The number of benzene rings is 1. The number of non-ortho nitro benzene ring substituents is 1. The number of H-pyrrole nitrogens is 1. The maximum atomic E-state index is 12.5. The standard InChI is InChI=1S/C15H13N5O12/c21-5-9-12(23)13(24)15(32-9,17-2-1-10(22)16-14(17)25)11-7(19(28)29)3-6(18(26)27)4-8(11)20(30)31/h1-4,9,12-13,21,23-24H,5H2,(H,16,22,25)/t9-,12-,13-,15-/m1/s1. The number of rotatable bonds is 6. The fourth-order valence-electron chi connectivity index (χ4n) is 3.51. The van der Waals surface area contributed by atoms with Gasteiger partial charge in [0, 0.05) is 12.3 Å². The van der Waals surface area contributed by atoms with Crippen molar-refractivity contribution in [3.8, 4) is 0 Å². The number of aromatic amines is 1. The maximum Gasteiger partial charge on any atom is 0.331 e. The van der Waals surface area contributed by atoms with Crippen LogP contribution in [0.15, 0.2) is 34.0 Å². The molecule has 0 aliphatic carbocycles. The van der Waals surface area contributed by atoms with Gasteiger partial charge in [0.05, 0.1) is 33.5 Å². The Morgan fingerprint density at radius 1 is 1.06 bits per heavy atom. The molecule has 0 radical (unpaired) electrons. The number of nitrogens with one attached hydrogen (secondary N) is 1. The van der Waals surface area contributed by atoms with Crippen LogP contribution in [0.25, 0.3) is 0 Å². The number of aromatic nitrogens is 2. The smallest absolute Gasteiger partial charge is 0.331 e. The lowest BCUT2D eigenvalue weighted by Gasteiger charge is -2.33. The van der Waals surface area contributed by atoms with Gasteiger partial charge < -0.3 is 20.1 Å². The molecule has 0 saturated carbocycles. The first-order valence-electron chi connectivity index (χ1n) is 8.54. The molecule has 0 spiro atoms. The summed E-state index contributed by atoms with van der Waals surface area (Å²) in [6.07, 6.45) is -5.38. The highest BCUT2D eigenvalue weighted by atomic mass is 16.6. The van der Waals surface area contributed by atoms with Crippen LogP contribution in [0.3, 0.4) is 0 Å². The van der Waals surface area contributed by atoms with E-state index in [1.54, 1.807) is 4.98 Å². The molecule has 1 fully saturated rings. The molecule has 4 atom stereocenters. The van der Waals surface area contributed by atoms with Crippen molar-refractivity contribution < 1.29 is 34.8 Å². The normalized spacial score (nSPS) is 24.9. The Hall–Kier alpha value is -4.06. The van der Waals surface area contributed by atoms with Crippen molar-refractivity contribution in [2.75, 3.05) is 6.61 Å². The number of aliphatic hydroxyl groups is 3. The van der Waals surface area contributed by atoms with Gasteiger partial charge in [0.2, 0.25) is 5.72 Å². The first kappa shape index (κ1) is 22.6. The molecule has 0 bridgehead atoms. The van der Waals surface area contributed by atoms with E-state index in [0.29, 0.717) is 22.9 Å². The monoisotopic (exact) mass is 455 g/mol. The average molecular weight is 455 g/mol. The highest BCUT2D eigenvalue weighted by Gasteiger charge is 2.62. The summed E-state index contributed by atoms with van der Waals surface area (Å²) in [6, 6.07) is 1.41. The zero-order chi connectivity index (χ0) is 24.0. The molecule has 1 aliphatic rings. The number of aliphatic hydroxyl groups excluding tert-OH is 3.